The first-order chi connectivity index (χ1) is 13.7. The molecule has 2 rings (SSSR count). The number of hydrogen-bond acceptors (Lipinski definition) is 6. The SMILES string of the molecule is C[C@@H]1CCCC[C@@H]1NC(=O)[C@@H](C)OC(=O)c1ccc(S(=O)(=O)NCCC#N)cc1. The Kier molecular flexibility index (Phi) is 8.17. The van der Waals surface area contributed by atoms with Gasteiger partial charge in [-0.2, -0.15) is 5.26 Å². The lowest BCUT2D eigenvalue weighted by molar-refractivity contribution is -0.130. The van der Waals surface area contributed by atoms with Gasteiger partial charge in [0.2, 0.25) is 10.0 Å². The van der Waals surface area contributed by atoms with E-state index in [1.54, 1.807) is 0 Å². The topological polar surface area (TPSA) is 125 Å². The number of nitrogens with one attached hydrogen (secondary N) is 2. The van der Waals surface area contributed by atoms with Crippen molar-refractivity contribution in [3.05, 3.63) is 29.8 Å². The third-order valence-corrected chi connectivity index (χ3v) is 6.50. The summed E-state index contributed by atoms with van der Waals surface area (Å²) in [4.78, 5) is 24.6. The molecule has 0 spiro atoms. The minimum absolute atomic E-state index is 0.00879. The molecule has 3 atom stereocenters. The summed E-state index contributed by atoms with van der Waals surface area (Å²) in [6, 6.07) is 7.16. The van der Waals surface area contributed by atoms with Crippen LogP contribution in [0.2, 0.25) is 0 Å². The average molecular weight is 422 g/mol. The van der Waals surface area contributed by atoms with Crippen molar-refractivity contribution >= 4 is 21.9 Å². The molecule has 8 nitrogen and oxygen atoms in total. The Morgan fingerprint density at radius 2 is 1.90 bits per heavy atom. The van der Waals surface area contributed by atoms with Crippen molar-refractivity contribution in [2.75, 3.05) is 6.54 Å². The van der Waals surface area contributed by atoms with Gasteiger partial charge >= 0.3 is 5.97 Å². The van der Waals surface area contributed by atoms with Crippen molar-refractivity contribution < 1.29 is 22.7 Å². The molecule has 0 unspecified atom stereocenters. The highest BCUT2D eigenvalue weighted by atomic mass is 32.2. The fraction of sp³-hybridized carbons (Fsp3) is 0.550. The first-order valence-corrected chi connectivity index (χ1v) is 11.2. The largest absolute Gasteiger partial charge is 0.449 e. The van der Waals surface area contributed by atoms with Crippen LogP contribution >= 0.6 is 0 Å². The van der Waals surface area contributed by atoms with E-state index in [1.165, 1.54) is 31.2 Å². The maximum absolute atomic E-state index is 12.3. The highest BCUT2D eigenvalue weighted by Crippen LogP contribution is 2.23. The van der Waals surface area contributed by atoms with Gasteiger partial charge in [-0.05, 0) is 49.9 Å². The molecule has 9 heteroatoms. The number of benzene rings is 1. The lowest BCUT2D eigenvalue weighted by atomic mass is 9.86. The van der Waals surface area contributed by atoms with Gasteiger partial charge in [0.25, 0.3) is 5.91 Å². The lowest BCUT2D eigenvalue weighted by Crippen LogP contribution is -2.45. The molecule has 0 radical (unpaired) electrons. The average Bonchev–Trinajstić information content (AvgIpc) is 2.69. The van der Waals surface area contributed by atoms with Crippen LogP contribution in [-0.4, -0.2) is 39.0 Å². The summed E-state index contributed by atoms with van der Waals surface area (Å²) in [6.07, 6.45) is 3.34. The molecule has 0 bridgehead atoms. The quantitative estimate of drug-likeness (QED) is 0.489. The Bertz CT molecular complexity index is 861. The van der Waals surface area contributed by atoms with E-state index in [-0.39, 0.29) is 35.4 Å². The van der Waals surface area contributed by atoms with Crippen molar-refractivity contribution in [2.45, 2.75) is 63.0 Å². The van der Waals surface area contributed by atoms with Crippen molar-refractivity contribution in [3.8, 4) is 6.07 Å². The second kappa shape index (κ2) is 10.4. The molecule has 0 saturated heterocycles. The van der Waals surface area contributed by atoms with Crippen molar-refractivity contribution in [3.63, 3.8) is 0 Å². The van der Waals surface area contributed by atoms with Crippen LogP contribution in [0.15, 0.2) is 29.2 Å². The molecule has 0 heterocycles. The smallest absolute Gasteiger partial charge is 0.338 e. The fourth-order valence-electron chi connectivity index (χ4n) is 3.21. The molecule has 1 aliphatic rings. The number of nitrogens with zero attached hydrogens (tertiary/aromatic N) is 1. The zero-order chi connectivity index (χ0) is 21.4. The third-order valence-electron chi connectivity index (χ3n) is 5.02. The summed E-state index contributed by atoms with van der Waals surface area (Å²) in [7, 11) is -3.75. The predicted octanol–water partition coefficient (Wildman–Crippen LogP) is 2.12. The van der Waals surface area contributed by atoms with Crippen LogP contribution in [0.1, 0.15) is 56.3 Å². The maximum atomic E-state index is 12.3. The van der Waals surface area contributed by atoms with Crippen LogP contribution in [0.5, 0.6) is 0 Å². The number of rotatable bonds is 8. The van der Waals surface area contributed by atoms with Gasteiger partial charge in [-0.1, -0.05) is 19.8 Å². The summed E-state index contributed by atoms with van der Waals surface area (Å²) in [6.45, 7) is 3.62. The summed E-state index contributed by atoms with van der Waals surface area (Å²) < 4.78 is 31.7. The normalized spacial score (nSPS) is 20.3. The van der Waals surface area contributed by atoms with E-state index < -0.39 is 22.1 Å². The predicted molar refractivity (Wildman–Crippen MR) is 106 cm³/mol. The Labute approximate surface area is 171 Å². The number of carbonyl (C=O) groups excluding carboxylic acids is 2. The molecule has 1 fully saturated rings. The first kappa shape index (κ1) is 22.8. The molecule has 29 heavy (non-hydrogen) atoms. The third kappa shape index (κ3) is 6.54. The summed E-state index contributed by atoms with van der Waals surface area (Å²) in [5.74, 6) is -0.643. The molecule has 1 saturated carbocycles. The van der Waals surface area contributed by atoms with Gasteiger partial charge in [-0.25, -0.2) is 17.9 Å². The summed E-state index contributed by atoms with van der Waals surface area (Å²) in [5.41, 5.74) is 0.145. The van der Waals surface area contributed by atoms with Crippen LogP contribution < -0.4 is 10.0 Å². The van der Waals surface area contributed by atoms with Gasteiger partial charge in [0.15, 0.2) is 6.10 Å². The molecule has 1 aromatic rings. The molecule has 1 aromatic carbocycles. The van der Waals surface area contributed by atoms with E-state index >= 15 is 0 Å². The van der Waals surface area contributed by atoms with E-state index in [1.807, 2.05) is 6.07 Å². The molecule has 0 aromatic heterocycles. The van der Waals surface area contributed by atoms with Gasteiger partial charge in [-0.3, -0.25) is 4.79 Å². The summed E-state index contributed by atoms with van der Waals surface area (Å²) in [5, 5.41) is 11.4. The van der Waals surface area contributed by atoms with Crippen LogP contribution in [0.4, 0.5) is 0 Å². The first-order valence-electron chi connectivity index (χ1n) is 9.72. The van der Waals surface area contributed by atoms with Crippen LogP contribution in [0, 0.1) is 17.2 Å². The van der Waals surface area contributed by atoms with Crippen LogP contribution in [-0.2, 0) is 19.6 Å². The van der Waals surface area contributed by atoms with E-state index in [0.717, 1.165) is 25.7 Å². The van der Waals surface area contributed by atoms with Gasteiger partial charge in [0.1, 0.15) is 0 Å². The number of esters is 1. The molecule has 1 aliphatic carbocycles. The fourth-order valence-corrected chi connectivity index (χ4v) is 4.24. The van der Waals surface area contributed by atoms with E-state index in [0.29, 0.717) is 5.92 Å². The number of carbonyl (C=O) groups is 2. The molecule has 0 aliphatic heterocycles. The van der Waals surface area contributed by atoms with Crippen molar-refractivity contribution in [1.82, 2.24) is 10.0 Å². The second-order valence-corrected chi connectivity index (χ2v) is 9.02. The zero-order valence-corrected chi connectivity index (χ0v) is 17.5. The monoisotopic (exact) mass is 421 g/mol. The van der Waals surface area contributed by atoms with Crippen molar-refractivity contribution in [1.29, 1.82) is 5.26 Å². The van der Waals surface area contributed by atoms with Gasteiger partial charge in [0, 0.05) is 19.0 Å². The minimum Gasteiger partial charge on any atom is -0.449 e. The lowest BCUT2D eigenvalue weighted by Gasteiger charge is -2.30. The Hall–Kier alpha value is -2.44. The van der Waals surface area contributed by atoms with Crippen LogP contribution in [0.3, 0.4) is 0 Å². The number of amides is 1. The zero-order valence-electron chi connectivity index (χ0n) is 16.7. The van der Waals surface area contributed by atoms with E-state index in [9.17, 15) is 18.0 Å². The van der Waals surface area contributed by atoms with Crippen molar-refractivity contribution in [2.24, 2.45) is 5.92 Å². The molecule has 1 amide bonds. The minimum atomic E-state index is -3.75. The molecular weight excluding hydrogens is 394 g/mol. The summed E-state index contributed by atoms with van der Waals surface area (Å²) >= 11 is 0. The standard InChI is InChI=1S/C20H27N3O5S/c1-14-6-3-4-7-18(14)23-19(24)15(2)28-20(25)16-8-10-17(11-9-16)29(26,27)22-13-5-12-21/h8-11,14-15,18,22H,3-7,13H2,1-2H3,(H,23,24)/t14-,15-,18+/m1/s1. The number of ether oxygens (including phenoxy) is 1. The number of hydrogen-bond donors (Lipinski definition) is 2. The highest BCUT2D eigenvalue weighted by molar-refractivity contribution is 7.89. The van der Waals surface area contributed by atoms with Gasteiger partial charge < -0.3 is 10.1 Å². The number of sulfonamides is 1. The number of nitriles is 1. The van der Waals surface area contributed by atoms with Crippen LogP contribution in [0.25, 0.3) is 0 Å². The van der Waals surface area contributed by atoms with E-state index in [4.69, 9.17) is 10.00 Å². The molecule has 158 valence electrons. The Morgan fingerprint density at radius 1 is 1.24 bits per heavy atom. The Balaban J connectivity index is 1.92. The van der Waals surface area contributed by atoms with E-state index in [2.05, 4.69) is 17.0 Å². The van der Waals surface area contributed by atoms with Gasteiger partial charge in [0.05, 0.1) is 16.5 Å². The maximum Gasteiger partial charge on any atom is 0.338 e. The second-order valence-electron chi connectivity index (χ2n) is 7.25. The van der Waals surface area contributed by atoms with Gasteiger partial charge in [-0.15, -0.1) is 0 Å². The highest BCUT2D eigenvalue weighted by Gasteiger charge is 2.26. The molecular formula is C20H27N3O5S. The molecule has 2 N–H and O–H groups in total. The Morgan fingerprint density at radius 3 is 2.52 bits per heavy atom.